The molecule has 2 aliphatic rings. The average molecular weight is 576 g/mol. The van der Waals surface area contributed by atoms with E-state index in [0.29, 0.717) is 24.5 Å². The molecule has 2 fully saturated rings. The molecular formula is C26H28F7N5O2. The number of nitrogens with one attached hydrogen (secondary N) is 1. The number of hydrazone groups is 1. The second-order valence-electron chi connectivity index (χ2n) is 10.1. The number of hydrogen-bond donors (Lipinski definition) is 1. The molecule has 0 aliphatic carbocycles. The Balaban J connectivity index is 1.79. The van der Waals surface area contributed by atoms with Crippen LogP contribution in [0.5, 0.6) is 0 Å². The van der Waals surface area contributed by atoms with Crippen molar-refractivity contribution < 1.29 is 35.7 Å². The molecule has 0 unspecified atom stereocenters. The monoisotopic (exact) mass is 575 g/mol. The first-order valence-electron chi connectivity index (χ1n) is 12.9. The molecule has 0 bridgehead atoms. The van der Waals surface area contributed by atoms with Crippen LogP contribution in [0.1, 0.15) is 63.5 Å². The van der Waals surface area contributed by atoms with Crippen LogP contribution in [0, 0.1) is 33.4 Å². The first kappa shape index (κ1) is 29.4. The molecule has 4 rings (SSSR count). The van der Waals surface area contributed by atoms with Gasteiger partial charge in [0.05, 0.1) is 11.1 Å². The maximum Gasteiger partial charge on any atom is 0.422 e. The molecule has 2 aromatic rings. The highest BCUT2D eigenvalue weighted by molar-refractivity contribution is 5.92. The van der Waals surface area contributed by atoms with Gasteiger partial charge in [-0.15, -0.1) is 0 Å². The van der Waals surface area contributed by atoms with Crippen LogP contribution >= 0.6 is 0 Å². The van der Waals surface area contributed by atoms with Crippen LogP contribution < -0.4 is 15.2 Å². The molecule has 218 valence electrons. The average Bonchev–Trinajstić information content (AvgIpc) is 2.89. The fourth-order valence-corrected chi connectivity index (χ4v) is 5.37. The summed E-state index contributed by atoms with van der Waals surface area (Å²) < 4.78 is 95.4. The van der Waals surface area contributed by atoms with E-state index in [9.17, 15) is 40.8 Å². The van der Waals surface area contributed by atoms with Crippen LogP contribution in [0.25, 0.3) is 0 Å². The summed E-state index contributed by atoms with van der Waals surface area (Å²) in [4.78, 5) is 15.5. The van der Waals surface area contributed by atoms with Crippen molar-refractivity contribution in [2.75, 3.05) is 28.3 Å². The van der Waals surface area contributed by atoms with Gasteiger partial charge in [-0.05, 0) is 58.4 Å². The lowest BCUT2D eigenvalue weighted by Gasteiger charge is -2.39. The Morgan fingerprint density at radius 2 is 1.43 bits per heavy atom. The van der Waals surface area contributed by atoms with Crippen molar-refractivity contribution in [3.05, 3.63) is 56.6 Å². The van der Waals surface area contributed by atoms with Crippen LogP contribution in [0.4, 0.5) is 53.5 Å². The molecule has 14 heteroatoms. The molecule has 0 aromatic heterocycles. The number of hydrogen-bond acceptors (Lipinski definition) is 6. The van der Waals surface area contributed by atoms with Gasteiger partial charge in [-0.25, -0.2) is 17.6 Å². The van der Waals surface area contributed by atoms with Crippen molar-refractivity contribution in [1.82, 2.24) is 0 Å². The number of nitro benzene ring substituents is 1. The van der Waals surface area contributed by atoms with E-state index in [1.54, 1.807) is 11.5 Å². The number of piperidine rings is 2. The Hall–Kier alpha value is -3.58. The summed E-state index contributed by atoms with van der Waals surface area (Å²) in [6.07, 6.45) is 0.710. The van der Waals surface area contributed by atoms with Crippen LogP contribution in [-0.2, 0) is 6.18 Å². The molecule has 40 heavy (non-hydrogen) atoms. The highest BCUT2D eigenvalue weighted by Crippen LogP contribution is 2.41. The van der Waals surface area contributed by atoms with Gasteiger partial charge in [0.15, 0.2) is 23.3 Å². The molecule has 0 radical (unpaired) electrons. The summed E-state index contributed by atoms with van der Waals surface area (Å²) in [6, 6.07) is 3.05. The lowest BCUT2D eigenvalue weighted by atomic mass is 9.98. The largest absolute Gasteiger partial charge is 0.422 e. The van der Waals surface area contributed by atoms with Gasteiger partial charge in [-0.1, -0.05) is 0 Å². The number of alkyl halides is 3. The third-order valence-corrected chi connectivity index (χ3v) is 7.47. The van der Waals surface area contributed by atoms with Crippen LogP contribution in [-0.4, -0.2) is 36.3 Å². The molecule has 2 heterocycles. The van der Waals surface area contributed by atoms with Gasteiger partial charge < -0.3 is 9.80 Å². The summed E-state index contributed by atoms with van der Waals surface area (Å²) in [5.74, 6) is -9.87. The molecule has 2 atom stereocenters. The van der Waals surface area contributed by atoms with Crippen molar-refractivity contribution in [2.24, 2.45) is 5.10 Å². The van der Waals surface area contributed by atoms with Gasteiger partial charge in [-0.3, -0.25) is 15.5 Å². The van der Waals surface area contributed by atoms with E-state index in [-0.39, 0.29) is 23.3 Å². The second-order valence-corrected chi connectivity index (χ2v) is 10.1. The summed E-state index contributed by atoms with van der Waals surface area (Å²) in [6.45, 7) is 5.22. The first-order valence-corrected chi connectivity index (χ1v) is 12.9. The number of halogens is 7. The summed E-state index contributed by atoms with van der Waals surface area (Å²) in [5, 5.41) is 15.7. The minimum Gasteiger partial charge on any atom is -0.368 e. The molecule has 0 spiro atoms. The van der Waals surface area contributed by atoms with E-state index in [2.05, 4.69) is 5.10 Å². The SMILES string of the molecule is C[C@@H]1CCCCN1c1cc(N2CCCC[C@@H]2C)c(/C=N\Nc2c(F)c(F)c(C(F)(F)F)c(F)c2F)cc1[N+](=O)[O-]. The number of anilines is 3. The Morgan fingerprint density at radius 1 is 0.900 bits per heavy atom. The maximum atomic E-state index is 14.3. The minimum atomic E-state index is -5.68. The number of benzene rings is 2. The van der Waals surface area contributed by atoms with Crippen molar-refractivity contribution in [3.8, 4) is 0 Å². The highest BCUT2D eigenvalue weighted by Gasteiger charge is 2.42. The third kappa shape index (κ3) is 5.66. The number of nitrogens with zero attached hydrogens (tertiary/aromatic N) is 4. The molecule has 2 aliphatic heterocycles. The van der Waals surface area contributed by atoms with E-state index in [1.807, 2.05) is 23.6 Å². The third-order valence-electron chi connectivity index (χ3n) is 7.47. The lowest BCUT2D eigenvalue weighted by molar-refractivity contribution is -0.384. The molecule has 1 N–H and O–H groups in total. The van der Waals surface area contributed by atoms with Crippen LogP contribution in [0.3, 0.4) is 0 Å². The summed E-state index contributed by atoms with van der Waals surface area (Å²) >= 11 is 0. The van der Waals surface area contributed by atoms with Gasteiger partial charge in [0.2, 0.25) is 0 Å². The number of rotatable bonds is 6. The van der Waals surface area contributed by atoms with Crippen molar-refractivity contribution in [2.45, 2.75) is 70.6 Å². The van der Waals surface area contributed by atoms with E-state index in [1.165, 1.54) is 6.07 Å². The standard InChI is InChI=1S/C26H28F7N5O2/c1-14-7-3-5-9-36(14)17-12-18(37-10-6-4-8-15(37)2)19(38(39)40)11-16(17)13-34-35-25-23(29)21(27)20(26(31,32)33)22(28)24(25)30/h11-15,35H,3-10H2,1-2H3/b34-13-/t14-,15+/m0/s1. The van der Waals surface area contributed by atoms with E-state index < -0.39 is 45.6 Å². The van der Waals surface area contributed by atoms with Gasteiger partial charge in [0.25, 0.3) is 5.69 Å². The zero-order chi connectivity index (χ0) is 29.4. The maximum absolute atomic E-state index is 14.3. The zero-order valence-corrected chi connectivity index (χ0v) is 21.8. The highest BCUT2D eigenvalue weighted by atomic mass is 19.4. The quantitative estimate of drug-likeness (QED) is 0.128. The first-order chi connectivity index (χ1) is 18.8. The zero-order valence-electron chi connectivity index (χ0n) is 21.8. The normalized spacial score (nSPS) is 20.3. The molecule has 2 aromatic carbocycles. The predicted octanol–water partition coefficient (Wildman–Crippen LogP) is 7.37. The Kier molecular flexibility index (Phi) is 8.45. The van der Waals surface area contributed by atoms with Crippen LogP contribution in [0.15, 0.2) is 17.2 Å². The van der Waals surface area contributed by atoms with E-state index in [0.717, 1.165) is 44.7 Å². The van der Waals surface area contributed by atoms with E-state index in [4.69, 9.17) is 0 Å². The van der Waals surface area contributed by atoms with Crippen molar-refractivity contribution in [3.63, 3.8) is 0 Å². The lowest BCUT2D eigenvalue weighted by Crippen LogP contribution is -2.40. The topological polar surface area (TPSA) is 74.0 Å². The van der Waals surface area contributed by atoms with Gasteiger partial charge >= 0.3 is 6.18 Å². The van der Waals surface area contributed by atoms with Gasteiger partial charge in [0.1, 0.15) is 16.9 Å². The van der Waals surface area contributed by atoms with Gasteiger partial charge in [0, 0.05) is 42.5 Å². The molecule has 0 amide bonds. The second kappa shape index (κ2) is 11.5. The number of nitro groups is 1. The minimum absolute atomic E-state index is 0.0509. The fourth-order valence-electron chi connectivity index (χ4n) is 5.37. The fraction of sp³-hybridized carbons (Fsp3) is 0.500. The summed E-state index contributed by atoms with van der Waals surface area (Å²) in [5.41, 5.74) is -1.61. The molecule has 0 saturated carbocycles. The van der Waals surface area contributed by atoms with Crippen molar-refractivity contribution >= 4 is 29.0 Å². The Bertz CT molecular complexity index is 1290. The predicted molar refractivity (Wildman–Crippen MR) is 137 cm³/mol. The molecule has 2 saturated heterocycles. The Labute approximate surface area is 225 Å². The van der Waals surface area contributed by atoms with E-state index >= 15 is 0 Å². The summed E-state index contributed by atoms with van der Waals surface area (Å²) in [7, 11) is 0. The molecular weight excluding hydrogens is 547 g/mol. The van der Waals surface area contributed by atoms with Crippen LogP contribution in [0.2, 0.25) is 0 Å². The molecule has 7 nitrogen and oxygen atoms in total. The van der Waals surface area contributed by atoms with Gasteiger partial charge in [-0.2, -0.15) is 18.3 Å². The van der Waals surface area contributed by atoms with Crippen molar-refractivity contribution in [1.29, 1.82) is 0 Å². The smallest absolute Gasteiger partial charge is 0.368 e. The Morgan fingerprint density at radius 3 is 1.90 bits per heavy atom.